The number of fused-ring (bicyclic) bond motifs is 3. The van der Waals surface area contributed by atoms with Gasteiger partial charge >= 0.3 is 0 Å². The van der Waals surface area contributed by atoms with Crippen LogP contribution in [0.2, 0.25) is 0 Å². The van der Waals surface area contributed by atoms with Crippen molar-refractivity contribution >= 4 is 28.9 Å². The van der Waals surface area contributed by atoms with Gasteiger partial charge < -0.3 is 20.4 Å². The largest absolute Gasteiger partial charge is 0.508 e. The maximum Gasteiger partial charge on any atom is 0.203 e. The van der Waals surface area contributed by atoms with Gasteiger partial charge in [0.15, 0.2) is 23.0 Å². The number of Topliss-reactive ketones (excluding diaryl/α,β-unsaturated/α-hetero) is 4. The molecular weight excluding hydrogens is 548 g/mol. The Balaban J connectivity index is 1.65. The molecule has 0 unspecified atom stereocenters. The van der Waals surface area contributed by atoms with E-state index in [-0.39, 0.29) is 41.9 Å². The summed E-state index contributed by atoms with van der Waals surface area (Å²) < 4.78 is 0. The highest BCUT2D eigenvalue weighted by molar-refractivity contribution is 6.24. The minimum atomic E-state index is -2.65. The van der Waals surface area contributed by atoms with E-state index < -0.39 is 62.7 Å². The van der Waals surface area contributed by atoms with Crippen LogP contribution in [0.25, 0.3) is 5.76 Å². The lowest BCUT2D eigenvalue weighted by Crippen LogP contribution is -2.69. The minimum absolute atomic E-state index is 0.0162. The number of aryl methyl sites for hydroxylation is 2. The van der Waals surface area contributed by atoms with Gasteiger partial charge in [-0.05, 0) is 56.2 Å². The summed E-state index contributed by atoms with van der Waals surface area (Å²) in [4.78, 5) is 53.5. The summed E-state index contributed by atoms with van der Waals surface area (Å²) in [7, 11) is 0. The first-order valence-electron chi connectivity index (χ1n) is 14.6. The lowest BCUT2D eigenvalue weighted by molar-refractivity contribution is -0.178. The van der Waals surface area contributed by atoms with Crippen molar-refractivity contribution in [3.05, 3.63) is 81.1 Å². The van der Waals surface area contributed by atoms with E-state index in [1.807, 2.05) is 19.1 Å². The summed E-state index contributed by atoms with van der Waals surface area (Å²) in [6.07, 6.45) is 0.690. The summed E-state index contributed by atoms with van der Waals surface area (Å²) >= 11 is 0. The van der Waals surface area contributed by atoms with Crippen LogP contribution in [0.4, 0.5) is 0 Å². The Morgan fingerprint density at radius 3 is 2.21 bits per heavy atom. The number of rotatable bonds is 6. The van der Waals surface area contributed by atoms with Crippen LogP contribution in [0.1, 0.15) is 80.1 Å². The number of hydrogen-bond donors (Lipinski definition) is 4. The van der Waals surface area contributed by atoms with Crippen molar-refractivity contribution in [3.8, 4) is 5.75 Å². The number of hydrogen-bond acceptors (Lipinski definition) is 8. The fraction of sp³-hybridized carbons (Fsp3) is 0.429. The van der Waals surface area contributed by atoms with Gasteiger partial charge in [-0.2, -0.15) is 0 Å². The van der Waals surface area contributed by atoms with Crippen molar-refractivity contribution in [2.24, 2.45) is 22.7 Å². The van der Waals surface area contributed by atoms with E-state index in [0.29, 0.717) is 17.5 Å². The molecule has 4 N–H and O–H groups in total. The van der Waals surface area contributed by atoms with Crippen molar-refractivity contribution < 1.29 is 39.6 Å². The van der Waals surface area contributed by atoms with Crippen molar-refractivity contribution in [1.29, 1.82) is 0 Å². The molecular formula is C35H38O8. The van der Waals surface area contributed by atoms with E-state index in [1.54, 1.807) is 45.9 Å². The first-order valence-corrected chi connectivity index (χ1v) is 14.6. The summed E-state index contributed by atoms with van der Waals surface area (Å²) in [6, 6.07) is 10.4. The molecule has 5 rings (SSSR count). The minimum Gasteiger partial charge on any atom is -0.508 e. The third kappa shape index (κ3) is 4.21. The van der Waals surface area contributed by atoms with E-state index in [9.17, 15) is 39.6 Å². The molecule has 0 bridgehead atoms. The molecule has 0 aromatic heterocycles. The molecule has 0 spiro atoms. The molecule has 1 fully saturated rings. The summed E-state index contributed by atoms with van der Waals surface area (Å²) in [6.45, 7) is 9.91. The first kappa shape index (κ1) is 30.4. The molecule has 8 heteroatoms. The molecule has 3 aliphatic rings. The molecule has 4 atom stereocenters. The monoisotopic (exact) mass is 586 g/mol. The van der Waals surface area contributed by atoms with Crippen LogP contribution in [0, 0.1) is 29.6 Å². The van der Waals surface area contributed by atoms with E-state index >= 15 is 0 Å². The summed E-state index contributed by atoms with van der Waals surface area (Å²) in [5.41, 5.74) is -3.09. The third-order valence-corrected chi connectivity index (χ3v) is 9.98. The van der Waals surface area contributed by atoms with Crippen LogP contribution < -0.4 is 0 Å². The molecule has 0 heterocycles. The van der Waals surface area contributed by atoms with Crippen LogP contribution >= 0.6 is 0 Å². The number of carbonyl (C=O) groups excluding carboxylic acids is 4. The fourth-order valence-corrected chi connectivity index (χ4v) is 8.15. The van der Waals surface area contributed by atoms with E-state index in [4.69, 9.17) is 0 Å². The second kappa shape index (κ2) is 10.0. The third-order valence-electron chi connectivity index (χ3n) is 9.98. The van der Waals surface area contributed by atoms with Crippen molar-refractivity contribution in [3.63, 3.8) is 0 Å². The van der Waals surface area contributed by atoms with Gasteiger partial charge in [0.05, 0.1) is 5.56 Å². The lowest BCUT2D eigenvalue weighted by Gasteiger charge is -2.59. The average Bonchev–Trinajstić information content (AvgIpc) is 2.90. The maximum absolute atomic E-state index is 14.4. The molecule has 1 saturated carbocycles. The zero-order valence-corrected chi connectivity index (χ0v) is 25.4. The van der Waals surface area contributed by atoms with Crippen LogP contribution in [-0.4, -0.2) is 49.2 Å². The molecule has 2 aromatic carbocycles. The summed E-state index contributed by atoms with van der Waals surface area (Å²) in [5, 5.41) is 45.9. The number of phenols is 1. The molecule has 0 saturated heterocycles. The standard InChI is InChI=1S/C35H38O8/c1-17(2)27-29(39)25(19(4)36)31(41)35(43)32(42)28-30(40)26-22(15-33(28,5)16-34(27,35)6)20(12-14-24(26)38)11-13-23(37)21-9-7-18(3)8-10-21/h7-10,12,14,17,27,38,40-41,43H,11,13,15-16H2,1-6H3/t27-,33+,34+,35-/m0/s1. The number of carbonyl (C=O) groups is 4. The van der Waals surface area contributed by atoms with E-state index in [0.717, 1.165) is 18.1 Å². The molecule has 2 aromatic rings. The predicted octanol–water partition coefficient (Wildman–Crippen LogP) is 5.31. The molecule has 3 aliphatic carbocycles. The van der Waals surface area contributed by atoms with Crippen molar-refractivity contribution in [2.75, 3.05) is 0 Å². The number of phenolic OH excluding ortho intramolecular Hbond substituents is 1. The number of aliphatic hydroxyl groups is 3. The predicted molar refractivity (Wildman–Crippen MR) is 160 cm³/mol. The number of ketones is 4. The topological polar surface area (TPSA) is 149 Å². The molecule has 43 heavy (non-hydrogen) atoms. The van der Waals surface area contributed by atoms with Gasteiger partial charge in [-0.25, -0.2) is 0 Å². The van der Waals surface area contributed by atoms with Gasteiger partial charge in [0.1, 0.15) is 22.8 Å². The highest BCUT2D eigenvalue weighted by Gasteiger charge is 2.72. The van der Waals surface area contributed by atoms with Gasteiger partial charge in [-0.3, -0.25) is 19.2 Å². The van der Waals surface area contributed by atoms with Gasteiger partial charge in [-0.15, -0.1) is 0 Å². The van der Waals surface area contributed by atoms with Gasteiger partial charge in [-0.1, -0.05) is 63.6 Å². The van der Waals surface area contributed by atoms with Crippen LogP contribution in [0.5, 0.6) is 5.75 Å². The number of allylic oxidation sites excluding steroid dienone is 1. The second-order valence-electron chi connectivity index (χ2n) is 13.3. The van der Waals surface area contributed by atoms with Gasteiger partial charge in [0, 0.05) is 34.3 Å². The molecule has 0 aliphatic heterocycles. The zero-order chi connectivity index (χ0) is 31.8. The fourth-order valence-electron chi connectivity index (χ4n) is 8.15. The number of aliphatic hydroxyl groups excluding tert-OH is 2. The Bertz CT molecular complexity index is 1660. The Labute approximate surface area is 250 Å². The highest BCUT2D eigenvalue weighted by atomic mass is 16.3. The summed E-state index contributed by atoms with van der Waals surface area (Å²) in [5.74, 6) is -5.60. The Morgan fingerprint density at radius 1 is 1.00 bits per heavy atom. The molecule has 226 valence electrons. The normalized spacial score (nSPS) is 28.5. The van der Waals surface area contributed by atoms with Crippen LogP contribution in [0.15, 0.2) is 53.3 Å². The maximum atomic E-state index is 14.4. The smallest absolute Gasteiger partial charge is 0.203 e. The Hall–Kier alpha value is -4.04. The lowest BCUT2D eigenvalue weighted by atomic mass is 9.43. The Morgan fingerprint density at radius 2 is 1.63 bits per heavy atom. The van der Waals surface area contributed by atoms with E-state index in [2.05, 4.69) is 0 Å². The quantitative estimate of drug-likeness (QED) is 0.263. The highest BCUT2D eigenvalue weighted by Crippen LogP contribution is 2.65. The SMILES string of the molecule is CC(=O)C1=C(O)[C@]2(O)C(=O)C3=C(O)c4c(O)ccc(CCC(=O)c5ccc(C)cc5)c4C[C@]3(C)C[C@]2(C)[C@@H](C(C)C)C1=O. The van der Waals surface area contributed by atoms with Gasteiger partial charge in [0.2, 0.25) is 5.78 Å². The molecule has 8 nitrogen and oxygen atoms in total. The number of benzene rings is 2. The molecule has 0 amide bonds. The van der Waals surface area contributed by atoms with Crippen LogP contribution in [-0.2, 0) is 27.2 Å². The Kier molecular flexibility index (Phi) is 7.08. The average molecular weight is 587 g/mol. The zero-order valence-electron chi connectivity index (χ0n) is 25.4. The van der Waals surface area contributed by atoms with E-state index in [1.165, 1.54) is 6.07 Å². The van der Waals surface area contributed by atoms with Crippen molar-refractivity contribution in [2.45, 2.75) is 72.8 Å². The number of aromatic hydroxyl groups is 1. The van der Waals surface area contributed by atoms with Gasteiger partial charge in [0.25, 0.3) is 0 Å². The van der Waals surface area contributed by atoms with Crippen LogP contribution in [0.3, 0.4) is 0 Å². The molecule has 0 radical (unpaired) electrons. The second-order valence-corrected chi connectivity index (χ2v) is 13.3. The van der Waals surface area contributed by atoms with Crippen molar-refractivity contribution in [1.82, 2.24) is 0 Å². The first-order chi connectivity index (χ1) is 20.0.